The van der Waals surface area contributed by atoms with Crippen LogP contribution in [-0.4, -0.2) is 35.8 Å². The van der Waals surface area contributed by atoms with Crippen LogP contribution in [0.25, 0.3) is 0 Å². The number of carbonyl (C=O) groups is 2. The fraction of sp³-hybridized carbons (Fsp3) is 0.312. The summed E-state index contributed by atoms with van der Waals surface area (Å²) in [7, 11) is 1.69. The number of fused-ring (bicyclic) bond motifs is 1. The predicted octanol–water partition coefficient (Wildman–Crippen LogP) is 1.70. The van der Waals surface area contributed by atoms with Gasteiger partial charge >= 0.3 is 6.03 Å². The van der Waals surface area contributed by atoms with E-state index < -0.39 is 0 Å². The minimum absolute atomic E-state index is 0.00179. The van der Waals surface area contributed by atoms with Gasteiger partial charge in [-0.15, -0.1) is 0 Å². The minimum atomic E-state index is -0.324. The molecular formula is C16H19N5O3. The number of rotatable bonds is 3. The second kappa shape index (κ2) is 6.23. The van der Waals surface area contributed by atoms with Gasteiger partial charge in [0.25, 0.3) is 5.91 Å². The molecule has 8 heteroatoms. The molecule has 3 amide bonds. The van der Waals surface area contributed by atoms with E-state index in [0.717, 1.165) is 17.0 Å². The maximum absolute atomic E-state index is 12.1. The van der Waals surface area contributed by atoms with Crippen molar-refractivity contribution in [2.75, 3.05) is 23.9 Å². The smallest absolute Gasteiger partial charge is 0.319 e. The number of likely N-dealkylation sites (N-methyl/N-ethyl adjacent to an activating group) is 1. The molecule has 126 valence electrons. The van der Waals surface area contributed by atoms with E-state index in [2.05, 4.69) is 20.8 Å². The van der Waals surface area contributed by atoms with E-state index in [9.17, 15) is 9.59 Å². The fourth-order valence-corrected chi connectivity index (χ4v) is 2.53. The lowest BCUT2D eigenvalue weighted by atomic mass is 10.2. The largest absolute Gasteiger partial charge is 0.481 e. The zero-order chi connectivity index (χ0) is 17.3. The van der Waals surface area contributed by atoms with Crippen molar-refractivity contribution in [3.63, 3.8) is 0 Å². The number of hydrogen-bond acceptors (Lipinski definition) is 4. The molecule has 1 aliphatic rings. The third-order valence-corrected chi connectivity index (χ3v) is 4.01. The van der Waals surface area contributed by atoms with Crippen LogP contribution in [0.4, 0.5) is 16.2 Å². The number of urea groups is 1. The summed E-state index contributed by atoms with van der Waals surface area (Å²) in [4.78, 5) is 25.2. The van der Waals surface area contributed by atoms with Crippen LogP contribution >= 0.6 is 0 Å². The van der Waals surface area contributed by atoms with Crippen LogP contribution in [0.2, 0.25) is 0 Å². The van der Waals surface area contributed by atoms with Gasteiger partial charge in [-0.3, -0.25) is 9.89 Å². The van der Waals surface area contributed by atoms with Gasteiger partial charge in [0.1, 0.15) is 5.75 Å². The summed E-state index contributed by atoms with van der Waals surface area (Å²) >= 11 is 0. The Labute approximate surface area is 139 Å². The number of anilines is 2. The molecule has 0 saturated carbocycles. The van der Waals surface area contributed by atoms with Gasteiger partial charge in [0.05, 0.1) is 11.4 Å². The number of aryl methyl sites for hydroxylation is 2. The molecule has 24 heavy (non-hydrogen) atoms. The van der Waals surface area contributed by atoms with Crippen molar-refractivity contribution in [2.24, 2.45) is 0 Å². The van der Waals surface area contributed by atoms with Gasteiger partial charge in [-0.2, -0.15) is 5.10 Å². The first-order valence-corrected chi connectivity index (χ1v) is 7.54. The minimum Gasteiger partial charge on any atom is -0.481 e. The maximum Gasteiger partial charge on any atom is 0.319 e. The standard InChI is InChI=1S/C16H19N5O3/c1-9-12(10(2)20-19-9)7-17-16(23)18-11-4-5-13-14(6-11)24-8-15(22)21(13)3/h4-6H,7-8H2,1-3H3,(H,19,20)(H2,17,18,23). The number of hydrogen-bond donors (Lipinski definition) is 3. The van der Waals surface area contributed by atoms with Crippen molar-refractivity contribution in [1.82, 2.24) is 15.5 Å². The summed E-state index contributed by atoms with van der Waals surface area (Å²) in [5.41, 5.74) is 4.04. The number of nitrogens with one attached hydrogen (secondary N) is 3. The molecule has 0 spiro atoms. The van der Waals surface area contributed by atoms with E-state index in [1.165, 1.54) is 4.90 Å². The monoisotopic (exact) mass is 329 g/mol. The van der Waals surface area contributed by atoms with Crippen molar-refractivity contribution in [3.05, 3.63) is 35.2 Å². The molecule has 3 rings (SSSR count). The maximum atomic E-state index is 12.1. The highest BCUT2D eigenvalue weighted by atomic mass is 16.5. The molecule has 1 aromatic carbocycles. The molecule has 1 aliphatic heterocycles. The second-order valence-corrected chi connectivity index (χ2v) is 5.64. The Morgan fingerprint density at radius 1 is 1.42 bits per heavy atom. The average Bonchev–Trinajstić information content (AvgIpc) is 2.87. The molecule has 8 nitrogen and oxygen atoms in total. The molecule has 0 saturated heterocycles. The molecule has 1 aromatic heterocycles. The van der Waals surface area contributed by atoms with Gasteiger partial charge < -0.3 is 20.3 Å². The highest BCUT2D eigenvalue weighted by Gasteiger charge is 2.22. The molecule has 2 heterocycles. The van der Waals surface area contributed by atoms with Crippen molar-refractivity contribution in [3.8, 4) is 5.75 Å². The number of aromatic amines is 1. The molecule has 0 fully saturated rings. The Balaban J connectivity index is 1.64. The zero-order valence-corrected chi connectivity index (χ0v) is 13.8. The second-order valence-electron chi connectivity index (χ2n) is 5.64. The van der Waals surface area contributed by atoms with E-state index in [1.807, 2.05) is 13.8 Å². The Bertz CT molecular complexity index is 780. The summed E-state index contributed by atoms with van der Waals surface area (Å²) in [6.07, 6.45) is 0. The van der Waals surface area contributed by atoms with Crippen LogP contribution in [0.1, 0.15) is 17.0 Å². The van der Waals surface area contributed by atoms with Gasteiger partial charge in [0.15, 0.2) is 6.61 Å². The van der Waals surface area contributed by atoms with Crippen molar-refractivity contribution in [1.29, 1.82) is 0 Å². The Morgan fingerprint density at radius 2 is 2.21 bits per heavy atom. The summed E-state index contributed by atoms with van der Waals surface area (Å²) in [5.74, 6) is 0.461. The molecule has 0 aliphatic carbocycles. The van der Waals surface area contributed by atoms with E-state index in [-0.39, 0.29) is 18.5 Å². The predicted molar refractivity (Wildman–Crippen MR) is 89.3 cm³/mol. The van der Waals surface area contributed by atoms with Crippen molar-refractivity contribution < 1.29 is 14.3 Å². The van der Waals surface area contributed by atoms with E-state index in [4.69, 9.17) is 4.74 Å². The first kappa shape index (κ1) is 15.9. The van der Waals surface area contributed by atoms with Crippen molar-refractivity contribution >= 4 is 23.3 Å². The van der Waals surface area contributed by atoms with Crippen LogP contribution in [0.15, 0.2) is 18.2 Å². The van der Waals surface area contributed by atoms with Gasteiger partial charge in [-0.05, 0) is 26.0 Å². The number of carbonyl (C=O) groups excluding carboxylic acids is 2. The topological polar surface area (TPSA) is 99.4 Å². The lowest BCUT2D eigenvalue weighted by Gasteiger charge is -2.26. The number of H-pyrrole nitrogens is 1. The van der Waals surface area contributed by atoms with E-state index >= 15 is 0 Å². The number of amides is 3. The Morgan fingerprint density at radius 3 is 2.92 bits per heavy atom. The van der Waals surface area contributed by atoms with Gasteiger partial charge in [-0.1, -0.05) is 0 Å². The zero-order valence-electron chi connectivity index (χ0n) is 13.8. The first-order chi connectivity index (χ1) is 11.5. The lowest BCUT2D eigenvalue weighted by Crippen LogP contribution is -2.35. The Kier molecular flexibility index (Phi) is 4.11. The summed E-state index contributed by atoms with van der Waals surface area (Å²) in [6.45, 7) is 4.18. The molecule has 3 N–H and O–H groups in total. The van der Waals surface area contributed by atoms with Crippen LogP contribution in [-0.2, 0) is 11.3 Å². The van der Waals surface area contributed by atoms with Gasteiger partial charge in [0, 0.05) is 36.6 Å². The molecular weight excluding hydrogens is 310 g/mol. The van der Waals surface area contributed by atoms with Crippen LogP contribution in [0.3, 0.4) is 0 Å². The van der Waals surface area contributed by atoms with E-state index in [0.29, 0.717) is 23.7 Å². The third-order valence-electron chi connectivity index (χ3n) is 4.01. The van der Waals surface area contributed by atoms with Gasteiger partial charge in [-0.25, -0.2) is 4.79 Å². The molecule has 0 radical (unpaired) electrons. The molecule has 0 bridgehead atoms. The van der Waals surface area contributed by atoms with E-state index in [1.54, 1.807) is 25.2 Å². The quantitative estimate of drug-likeness (QED) is 0.798. The molecule has 0 atom stereocenters. The van der Waals surface area contributed by atoms with Crippen molar-refractivity contribution in [2.45, 2.75) is 20.4 Å². The molecule has 2 aromatic rings. The fourth-order valence-electron chi connectivity index (χ4n) is 2.53. The highest BCUT2D eigenvalue weighted by Crippen LogP contribution is 2.33. The number of ether oxygens (including phenoxy) is 1. The summed E-state index contributed by atoms with van der Waals surface area (Å²) in [6, 6.07) is 4.85. The van der Waals surface area contributed by atoms with Gasteiger partial charge in [0.2, 0.25) is 0 Å². The third kappa shape index (κ3) is 3.03. The lowest BCUT2D eigenvalue weighted by molar-refractivity contribution is -0.120. The molecule has 0 unspecified atom stereocenters. The van der Waals surface area contributed by atoms with Crippen LogP contribution in [0, 0.1) is 13.8 Å². The summed E-state index contributed by atoms with van der Waals surface area (Å²) < 4.78 is 5.40. The first-order valence-electron chi connectivity index (χ1n) is 7.54. The number of aromatic nitrogens is 2. The number of benzene rings is 1. The number of nitrogens with zero attached hydrogens (tertiary/aromatic N) is 2. The Hall–Kier alpha value is -3.03. The van der Waals surface area contributed by atoms with Crippen LogP contribution < -0.4 is 20.3 Å². The SMILES string of the molecule is Cc1n[nH]c(C)c1CNC(=O)Nc1ccc2c(c1)OCC(=O)N2C. The van der Waals surface area contributed by atoms with Crippen LogP contribution in [0.5, 0.6) is 5.75 Å². The average molecular weight is 329 g/mol. The normalized spacial score (nSPS) is 13.3. The summed E-state index contributed by atoms with van der Waals surface area (Å²) in [5, 5.41) is 12.5. The highest BCUT2D eigenvalue weighted by molar-refractivity contribution is 5.98.